The number of nitrogens with one attached hydrogen (secondary N) is 1. The Morgan fingerprint density at radius 1 is 1.47 bits per heavy atom. The minimum absolute atomic E-state index is 0.0679. The van der Waals surface area contributed by atoms with Crippen molar-refractivity contribution in [3.63, 3.8) is 0 Å². The predicted octanol–water partition coefficient (Wildman–Crippen LogP) is 0.604. The molecule has 0 rings (SSSR count). The van der Waals surface area contributed by atoms with Crippen molar-refractivity contribution in [3.05, 3.63) is 0 Å². The highest BCUT2D eigenvalue weighted by atomic mass is 16.2. The minimum Gasteiger partial charge on any atom is -0.396 e. The highest BCUT2D eigenvalue weighted by Crippen LogP contribution is 2.09. The zero-order valence-electron chi connectivity index (χ0n) is 10.5. The number of hydrogen-bond donors (Lipinski definition) is 2. The first-order valence-electron chi connectivity index (χ1n) is 5.41. The van der Waals surface area contributed by atoms with Crippen molar-refractivity contribution in [1.29, 1.82) is 0 Å². The van der Waals surface area contributed by atoms with Crippen LogP contribution in [0.15, 0.2) is 0 Å². The molecule has 15 heavy (non-hydrogen) atoms. The molecule has 0 saturated heterocycles. The fourth-order valence-corrected chi connectivity index (χ4v) is 1.71. The van der Waals surface area contributed by atoms with E-state index in [0.717, 1.165) is 12.8 Å². The van der Waals surface area contributed by atoms with Gasteiger partial charge >= 0.3 is 0 Å². The van der Waals surface area contributed by atoms with Crippen LogP contribution in [-0.2, 0) is 4.79 Å². The molecule has 0 aromatic heterocycles. The Hall–Kier alpha value is -0.610. The maximum absolute atomic E-state index is 11.8. The van der Waals surface area contributed by atoms with Crippen LogP contribution in [0.3, 0.4) is 0 Å². The van der Waals surface area contributed by atoms with Gasteiger partial charge in [-0.15, -0.1) is 0 Å². The number of carbonyl (C=O) groups is 1. The summed E-state index contributed by atoms with van der Waals surface area (Å²) >= 11 is 0. The van der Waals surface area contributed by atoms with E-state index in [2.05, 4.69) is 5.32 Å². The van der Waals surface area contributed by atoms with Crippen LogP contribution in [0.1, 0.15) is 33.6 Å². The molecule has 0 bridgehead atoms. The van der Waals surface area contributed by atoms with Crippen molar-refractivity contribution in [2.45, 2.75) is 45.2 Å². The van der Waals surface area contributed by atoms with Crippen molar-refractivity contribution in [3.8, 4) is 0 Å². The number of carbonyl (C=O) groups excluding carboxylic acids is 1. The first-order valence-corrected chi connectivity index (χ1v) is 5.41. The largest absolute Gasteiger partial charge is 0.396 e. The highest BCUT2D eigenvalue weighted by molar-refractivity contribution is 5.85. The van der Waals surface area contributed by atoms with E-state index in [4.69, 9.17) is 5.11 Å². The second-order valence-electron chi connectivity index (χ2n) is 4.74. The highest BCUT2D eigenvalue weighted by Gasteiger charge is 2.29. The van der Waals surface area contributed by atoms with Crippen molar-refractivity contribution < 1.29 is 9.90 Å². The quantitative estimate of drug-likeness (QED) is 0.684. The van der Waals surface area contributed by atoms with Crippen molar-refractivity contribution in [2.24, 2.45) is 0 Å². The Labute approximate surface area is 92.7 Å². The zero-order chi connectivity index (χ0) is 12.1. The summed E-state index contributed by atoms with van der Waals surface area (Å²) in [6.07, 6.45) is 1.64. The molecular weight excluding hydrogens is 192 g/mol. The lowest BCUT2D eigenvalue weighted by Crippen LogP contribution is -2.55. The Morgan fingerprint density at radius 3 is 2.40 bits per heavy atom. The number of aliphatic hydroxyl groups excluding tert-OH is 1. The molecule has 0 saturated carbocycles. The van der Waals surface area contributed by atoms with E-state index in [9.17, 15) is 4.79 Å². The van der Waals surface area contributed by atoms with E-state index >= 15 is 0 Å². The summed E-state index contributed by atoms with van der Waals surface area (Å²) in [7, 11) is 3.51. The summed E-state index contributed by atoms with van der Waals surface area (Å²) in [6, 6.07) is 0.232. The molecule has 0 radical (unpaired) electrons. The molecule has 0 aliphatic heterocycles. The van der Waals surface area contributed by atoms with Crippen LogP contribution in [0.25, 0.3) is 0 Å². The van der Waals surface area contributed by atoms with E-state index < -0.39 is 5.54 Å². The lowest BCUT2D eigenvalue weighted by Gasteiger charge is -2.31. The Balaban J connectivity index is 4.18. The third-order valence-corrected chi connectivity index (χ3v) is 2.34. The van der Waals surface area contributed by atoms with E-state index in [1.807, 2.05) is 20.8 Å². The monoisotopic (exact) mass is 216 g/mol. The predicted molar refractivity (Wildman–Crippen MR) is 61.7 cm³/mol. The van der Waals surface area contributed by atoms with E-state index in [-0.39, 0.29) is 18.6 Å². The van der Waals surface area contributed by atoms with E-state index in [0.29, 0.717) is 0 Å². The lowest BCUT2D eigenvalue weighted by molar-refractivity contribution is -0.134. The number of aliphatic hydroxyl groups is 1. The summed E-state index contributed by atoms with van der Waals surface area (Å²) in [5.41, 5.74) is -0.543. The van der Waals surface area contributed by atoms with Crippen LogP contribution in [-0.4, -0.2) is 48.2 Å². The fourth-order valence-electron chi connectivity index (χ4n) is 1.71. The van der Waals surface area contributed by atoms with E-state index in [1.165, 1.54) is 0 Å². The van der Waals surface area contributed by atoms with Gasteiger partial charge in [-0.1, -0.05) is 0 Å². The topological polar surface area (TPSA) is 52.6 Å². The van der Waals surface area contributed by atoms with Gasteiger partial charge in [0.2, 0.25) is 5.91 Å². The normalized spacial score (nSPS) is 13.7. The molecule has 0 spiro atoms. The van der Waals surface area contributed by atoms with Crippen LogP contribution in [0.4, 0.5) is 0 Å². The molecule has 90 valence electrons. The average Bonchev–Trinajstić information content (AvgIpc) is 2.12. The molecule has 0 aliphatic rings. The first-order chi connectivity index (χ1) is 6.81. The van der Waals surface area contributed by atoms with Gasteiger partial charge in [-0.3, -0.25) is 4.79 Å². The lowest BCUT2D eigenvalue weighted by atomic mass is 10.0. The van der Waals surface area contributed by atoms with Crippen molar-refractivity contribution >= 4 is 5.91 Å². The van der Waals surface area contributed by atoms with Gasteiger partial charge in [0.15, 0.2) is 0 Å². The molecule has 4 nitrogen and oxygen atoms in total. The van der Waals surface area contributed by atoms with Gasteiger partial charge in [0.25, 0.3) is 0 Å². The molecule has 1 amide bonds. The Kier molecular flexibility index (Phi) is 5.83. The number of likely N-dealkylation sites (N-methyl/N-ethyl adjacent to an activating group) is 1. The summed E-state index contributed by atoms with van der Waals surface area (Å²) in [6.45, 7) is 5.99. The fraction of sp³-hybridized carbons (Fsp3) is 0.909. The van der Waals surface area contributed by atoms with Crippen LogP contribution in [0.2, 0.25) is 0 Å². The van der Waals surface area contributed by atoms with Gasteiger partial charge in [-0.2, -0.15) is 0 Å². The summed E-state index contributed by atoms with van der Waals surface area (Å²) < 4.78 is 0. The number of hydrogen-bond acceptors (Lipinski definition) is 3. The molecule has 2 N–H and O–H groups in total. The average molecular weight is 216 g/mol. The first kappa shape index (κ1) is 14.4. The Morgan fingerprint density at radius 2 is 2.00 bits per heavy atom. The van der Waals surface area contributed by atoms with Gasteiger partial charge < -0.3 is 15.3 Å². The molecule has 0 fully saturated rings. The van der Waals surface area contributed by atoms with Gasteiger partial charge in [-0.25, -0.2) is 0 Å². The van der Waals surface area contributed by atoms with Crippen LogP contribution in [0, 0.1) is 0 Å². The Bertz CT molecular complexity index is 203. The number of amides is 1. The SMILES string of the molecule is CC(CCCO)NC(C)(C)C(=O)N(C)C. The molecule has 4 heteroatoms. The second kappa shape index (κ2) is 6.08. The standard InChI is InChI=1S/C11H24N2O2/c1-9(7-6-8-14)12-11(2,3)10(15)13(4)5/h9,12,14H,6-8H2,1-5H3. The maximum Gasteiger partial charge on any atom is 0.241 e. The minimum atomic E-state index is -0.543. The third-order valence-electron chi connectivity index (χ3n) is 2.34. The third kappa shape index (κ3) is 5.14. The summed E-state index contributed by atoms with van der Waals surface area (Å²) in [5.74, 6) is 0.0679. The molecule has 1 unspecified atom stereocenters. The zero-order valence-corrected chi connectivity index (χ0v) is 10.5. The van der Waals surface area contributed by atoms with E-state index in [1.54, 1.807) is 19.0 Å². The van der Waals surface area contributed by atoms with Crippen molar-refractivity contribution in [2.75, 3.05) is 20.7 Å². The number of rotatable bonds is 6. The van der Waals surface area contributed by atoms with Gasteiger partial charge in [-0.05, 0) is 33.6 Å². The van der Waals surface area contributed by atoms with Gasteiger partial charge in [0, 0.05) is 26.7 Å². The second-order valence-corrected chi connectivity index (χ2v) is 4.74. The van der Waals surface area contributed by atoms with Crippen LogP contribution < -0.4 is 5.32 Å². The molecule has 0 aromatic carbocycles. The molecule has 0 aromatic rings. The summed E-state index contributed by atoms with van der Waals surface area (Å²) in [4.78, 5) is 13.4. The van der Waals surface area contributed by atoms with Gasteiger partial charge in [0.05, 0.1) is 5.54 Å². The maximum atomic E-state index is 11.8. The number of nitrogens with zero attached hydrogens (tertiary/aromatic N) is 1. The smallest absolute Gasteiger partial charge is 0.241 e. The molecular formula is C11H24N2O2. The van der Waals surface area contributed by atoms with Crippen molar-refractivity contribution in [1.82, 2.24) is 10.2 Å². The molecule has 0 aliphatic carbocycles. The van der Waals surface area contributed by atoms with Gasteiger partial charge in [0.1, 0.15) is 0 Å². The molecule has 0 heterocycles. The van der Waals surface area contributed by atoms with Crippen LogP contribution >= 0.6 is 0 Å². The molecule has 1 atom stereocenters. The summed E-state index contributed by atoms with van der Waals surface area (Å²) in [5, 5.41) is 12.0. The van der Waals surface area contributed by atoms with Crippen LogP contribution in [0.5, 0.6) is 0 Å².